The highest BCUT2D eigenvalue weighted by Gasteiger charge is 2.31. The van der Waals surface area contributed by atoms with Crippen LogP contribution < -0.4 is 10.1 Å². The molecule has 0 aliphatic carbocycles. The zero-order valence-electron chi connectivity index (χ0n) is 17.4. The Kier molecular flexibility index (Phi) is 6.24. The lowest BCUT2D eigenvalue weighted by Gasteiger charge is -2.17. The topological polar surface area (TPSA) is 93.5 Å². The van der Waals surface area contributed by atoms with Gasteiger partial charge < -0.3 is 15.2 Å². The van der Waals surface area contributed by atoms with Crippen molar-refractivity contribution in [1.29, 1.82) is 0 Å². The second-order valence-electron chi connectivity index (χ2n) is 7.09. The summed E-state index contributed by atoms with van der Waals surface area (Å²) in [5, 5.41) is 11.9. The lowest BCUT2D eigenvalue weighted by molar-refractivity contribution is -0.274. The zero-order chi connectivity index (χ0) is 23.6. The van der Waals surface area contributed by atoms with Crippen LogP contribution in [0.15, 0.2) is 48.5 Å². The summed E-state index contributed by atoms with van der Waals surface area (Å²) in [6, 6.07) is 10.8. The van der Waals surface area contributed by atoms with Crippen molar-refractivity contribution in [3.05, 3.63) is 76.9 Å². The largest absolute Gasteiger partial charge is 0.573 e. The summed E-state index contributed by atoms with van der Waals surface area (Å²) >= 11 is 0. The van der Waals surface area contributed by atoms with Crippen LogP contribution in [0.5, 0.6) is 5.75 Å². The van der Waals surface area contributed by atoms with Gasteiger partial charge in [0.2, 0.25) is 0 Å². The third-order valence-corrected chi connectivity index (χ3v) is 4.77. The number of carbonyl (C=O) groups excluding carboxylic acids is 1. The second-order valence-corrected chi connectivity index (χ2v) is 7.09. The smallest absolute Gasteiger partial charge is 0.478 e. The van der Waals surface area contributed by atoms with E-state index in [0.29, 0.717) is 22.8 Å². The van der Waals surface area contributed by atoms with Gasteiger partial charge in [0, 0.05) is 5.69 Å². The molecule has 0 aliphatic rings. The number of aromatic nitrogens is 2. The molecule has 0 radical (unpaired) electrons. The van der Waals surface area contributed by atoms with Crippen molar-refractivity contribution in [2.24, 2.45) is 0 Å². The molecule has 1 atom stereocenters. The number of benzene rings is 2. The highest BCUT2D eigenvalue weighted by molar-refractivity contribution is 5.94. The lowest BCUT2D eigenvalue weighted by Crippen LogP contribution is -2.29. The van der Waals surface area contributed by atoms with Crippen LogP contribution in [0.3, 0.4) is 0 Å². The molecule has 0 spiro atoms. The molecule has 1 amide bonds. The van der Waals surface area contributed by atoms with E-state index in [2.05, 4.69) is 15.0 Å². The van der Waals surface area contributed by atoms with E-state index in [4.69, 9.17) is 5.11 Å². The van der Waals surface area contributed by atoms with Crippen molar-refractivity contribution in [3.8, 4) is 11.4 Å². The van der Waals surface area contributed by atoms with Crippen LogP contribution in [0.1, 0.15) is 50.9 Å². The number of amides is 1. The van der Waals surface area contributed by atoms with Crippen molar-refractivity contribution in [3.63, 3.8) is 0 Å². The number of ether oxygens (including phenoxy) is 1. The average Bonchev–Trinajstić information content (AvgIpc) is 3.01. The molecule has 0 unspecified atom stereocenters. The number of alkyl halides is 3. The van der Waals surface area contributed by atoms with E-state index in [9.17, 15) is 22.8 Å². The first-order chi connectivity index (χ1) is 15.0. The predicted octanol–water partition coefficient (Wildman–Crippen LogP) is 4.58. The Bertz CT molecular complexity index is 1140. The van der Waals surface area contributed by atoms with Crippen molar-refractivity contribution in [2.75, 3.05) is 0 Å². The number of carboxylic acid groups (broad SMARTS) is 1. The molecule has 7 nitrogen and oxygen atoms in total. The number of carbonyl (C=O) groups is 2. The number of carboxylic acids is 1. The standard InChI is InChI=1S/C22H20F3N3O4/c1-12(15-4-6-16(7-5-15)21(30)31)27-20(29)19-13(2)26-14(3)28(19)17-8-10-18(11-9-17)32-22(23,24)25/h4-12H,1-3H3,(H,27,29)(H,30,31)/t12-/m0/s1. The number of aryl methyl sites for hydroxylation is 2. The third-order valence-electron chi connectivity index (χ3n) is 4.77. The average molecular weight is 447 g/mol. The summed E-state index contributed by atoms with van der Waals surface area (Å²) in [5.74, 6) is -1.38. The van der Waals surface area contributed by atoms with Crippen LogP contribution in [0.4, 0.5) is 13.2 Å². The Balaban J connectivity index is 1.85. The van der Waals surface area contributed by atoms with Crippen molar-refractivity contribution < 1.29 is 32.6 Å². The van der Waals surface area contributed by atoms with Gasteiger partial charge in [-0.2, -0.15) is 0 Å². The van der Waals surface area contributed by atoms with E-state index in [1.807, 2.05) is 0 Å². The first kappa shape index (κ1) is 22.9. The fourth-order valence-electron chi connectivity index (χ4n) is 3.31. The fourth-order valence-corrected chi connectivity index (χ4v) is 3.31. The maximum atomic E-state index is 13.0. The quantitative estimate of drug-likeness (QED) is 0.577. The Morgan fingerprint density at radius 3 is 2.19 bits per heavy atom. The Hall–Kier alpha value is -3.82. The minimum absolute atomic E-state index is 0.134. The molecule has 168 valence electrons. The molecule has 2 N–H and O–H groups in total. The predicted molar refractivity (Wildman–Crippen MR) is 109 cm³/mol. The minimum atomic E-state index is -4.80. The maximum absolute atomic E-state index is 13.0. The van der Waals surface area contributed by atoms with Gasteiger partial charge in [-0.25, -0.2) is 9.78 Å². The fraction of sp³-hybridized carbons (Fsp3) is 0.227. The number of nitrogens with one attached hydrogen (secondary N) is 1. The molecule has 0 aliphatic heterocycles. The van der Waals surface area contributed by atoms with Gasteiger partial charge in [-0.15, -0.1) is 13.2 Å². The lowest BCUT2D eigenvalue weighted by atomic mass is 10.1. The van der Waals surface area contributed by atoms with Gasteiger partial charge in [-0.1, -0.05) is 12.1 Å². The van der Waals surface area contributed by atoms with Crippen LogP contribution in [0.25, 0.3) is 5.69 Å². The third kappa shape index (κ3) is 5.08. The molecule has 0 saturated heterocycles. The Labute approximate surface area is 181 Å². The molecule has 0 fully saturated rings. The first-order valence-corrected chi connectivity index (χ1v) is 9.52. The molecule has 32 heavy (non-hydrogen) atoms. The zero-order valence-corrected chi connectivity index (χ0v) is 17.4. The van der Waals surface area contributed by atoms with Gasteiger partial charge in [0.25, 0.3) is 5.91 Å². The molecular formula is C22H20F3N3O4. The van der Waals surface area contributed by atoms with Gasteiger partial charge in [0.15, 0.2) is 0 Å². The molecule has 3 aromatic rings. The highest BCUT2D eigenvalue weighted by atomic mass is 19.4. The van der Waals surface area contributed by atoms with Crippen molar-refractivity contribution in [1.82, 2.24) is 14.9 Å². The van der Waals surface area contributed by atoms with E-state index >= 15 is 0 Å². The minimum Gasteiger partial charge on any atom is -0.478 e. The number of halogens is 3. The summed E-state index contributed by atoms with van der Waals surface area (Å²) in [6.07, 6.45) is -4.80. The van der Waals surface area contributed by atoms with Crippen LogP contribution in [-0.4, -0.2) is 32.9 Å². The number of nitrogens with zero attached hydrogens (tertiary/aromatic N) is 2. The van der Waals surface area contributed by atoms with Crippen molar-refractivity contribution in [2.45, 2.75) is 33.2 Å². The van der Waals surface area contributed by atoms with Crippen molar-refractivity contribution >= 4 is 11.9 Å². The summed E-state index contributed by atoms with van der Waals surface area (Å²) in [4.78, 5) is 28.4. The highest BCUT2D eigenvalue weighted by Crippen LogP contribution is 2.26. The monoisotopic (exact) mass is 447 g/mol. The van der Waals surface area contributed by atoms with E-state index in [0.717, 1.165) is 12.1 Å². The number of imidazole rings is 1. The van der Waals surface area contributed by atoms with Crippen LogP contribution in [-0.2, 0) is 0 Å². The Morgan fingerprint density at radius 2 is 1.66 bits per heavy atom. The molecule has 1 heterocycles. The molecule has 2 aromatic carbocycles. The first-order valence-electron chi connectivity index (χ1n) is 9.52. The van der Waals surface area contributed by atoms with Gasteiger partial charge in [-0.05, 0) is 62.7 Å². The van der Waals surface area contributed by atoms with Crippen LogP contribution in [0, 0.1) is 13.8 Å². The van der Waals surface area contributed by atoms with Gasteiger partial charge >= 0.3 is 12.3 Å². The number of aromatic carboxylic acids is 1. The van der Waals surface area contributed by atoms with E-state index < -0.39 is 24.3 Å². The summed E-state index contributed by atoms with van der Waals surface area (Å²) < 4.78 is 42.7. The van der Waals surface area contributed by atoms with Gasteiger partial charge in [0.05, 0.1) is 17.3 Å². The maximum Gasteiger partial charge on any atom is 0.573 e. The SMILES string of the molecule is Cc1nc(C)n(-c2ccc(OC(F)(F)F)cc2)c1C(=O)N[C@@H](C)c1ccc(C(=O)O)cc1. The molecule has 3 rings (SSSR count). The summed E-state index contributed by atoms with van der Waals surface area (Å²) in [7, 11) is 0. The Morgan fingerprint density at radius 1 is 1.06 bits per heavy atom. The number of rotatable bonds is 6. The molecule has 0 bridgehead atoms. The molecule has 10 heteroatoms. The van der Waals surface area contributed by atoms with E-state index in [1.54, 1.807) is 37.5 Å². The van der Waals surface area contributed by atoms with Gasteiger partial charge in [0.1, 0.15) is 17.3 Å². The molecule has 0 saturated carbocycles. The summed E-state index contributed by atoms with van der Waals surface area (Å²) in [5.41, 5.74) is 1.97. The summed E-state index contributed by atoms with van der Waals surface area (Å²) in [6.45, 7) is 5.09. The second kappa shape index (κ2) is 8.74. The van der Waals surface area contributed by atoms with E-state index in [-0.39, 0.29) is 17.0 Å². The van der Waals surface area contributed by atoms with Crippen LogP contribution >= 0.6 is 0 Å². The normalized spacial score (nSPS) is 12.3. The van der Waals surface area contributed by atoms with Crippen LogP contribution in [0.2, 0.25) is 0 Å². The van der Waals surface area contributed by atoms with E-state index in [1.165, 1.54) is 24.3 Å². The number of hydrogen-bond donors (Lipinski definition) is 2. The molecule has 1 aromatic heterocycles. The molecular weight excluding hydrogens is 427 g/mol. The van der Waals surface area contributed by atoms with Gasteiger partial charge in [-0.3, -0.25) is 9.36 Å². The number of hydrogen-bond acceptors (Lipinski definition) is 4.